The van der Waals surface area contributed by atoms with Gasteiger partial charge in [-0.3, -0.25) is 4.79 Å². The molecule has 1 amide bonds. The van der Waals surface area contributed by atoms with Crippen molar-refractivity contribution < 1.29 is 4.79 Å². The summed E-state index contributed by atoms with van der Waals surface area (Å²) in [4.78, 5) is 13.4. The Morgan fingerprint density at radius 1 is 1.21 bits per heavy atom. The predicted molar refractivity (Wildman–Crippen MR) is 110 cm³/mol. The Bertz CT molecular complexity index is 1060. The fourth-order valence-electron chi connectivity index (χ4n) is 5.03. The lowest BCUT2D eigenvalue weighted by Gasteiger charge is -2.48. The second-order valence-electron chi connectivity index (χ2n) is 8.64. The Kier molecular flexibility index (Phi) is 3.84. The topological polar surface area (TPSA) is 90.6 Å². The van der Waals surface area contributed by atoms with E-state index >= 15 is 0 Å². The minimum absolute atomic E-state index is 0.0210. The van der Waals surface area contributed by atoms with Crippen LogP contribution in [0.15, 0.2) is 74.0 Å². The first-order valence-corrected chi connectivity index (χ1v) is 10.0. The molecule has 0 bridgehead atoms. The molecule has 2 atom stereocenters. The maximum Gasteiger partial charge on any atom is 0.250 e. The summed E-state index contributed by atoms with van der Waals surface area (Å²) in [6.45, 7) is 6.81. The van der Waals surface area contributed by atoms with Crippen molar-refractivity contribution in [2.45, 2.75) is 50.7 Å². The van der Waals surface area contributed by atoms with Crippen LogP contribution in [0.3, 0.4) is 0 Å². The number of azo groups is 2. The van der Waals surface area contributed by atoms with E-state index in [9.17, 15) is 4.79 Å². The zero-order valence-corrected chi connectivity index (χ0v) is 16.9. The molecule has 2 N–H and O–H groups in total. The van der Waals surface area contributed by atoms with E-state index in [0.29, 0.717) is 6.54 Å². The third-order valence-corrected chi connectivity index (χ3v) is 6.30. The molecule has 0 aliphatic carbocycles. The minimum atomic E-state index is -0.571. The molecular weight excluding hydrogens is 364 g/mol. The number of hydrogen-bond donors (Lipinski definition) is 2. The van der Waals surface area contributed by atoms with Crippen molar-refractivity contribution in [3.8, 4) is 0 Å². The number of carbonyl (C=O) groups is 1. The van der Waals surface area contributed by atoms with Crippen LogP contribution in [0.25, 0.3) is 5.57 Å². The molecular formula is C22H24N6O. The van der Waals surface area contributed by atoms with Gasteiger partial charge in [-0.25, -0.2) is 0 Å². The van der Waals surface area contributed by atoms with Gasteiger partial charge >= 0.3 is 0 Å². The van der Waals surface area contributed by atoms with E-state index in [1.165, 1.54) is 0 Å². The van der Waals surface area contributed by atoms with Gasteiger partial charge in [0.25, 0.3) is 5.91 Å². The molecule has 4 heterocycles. The van der Waals surface area contributed by atoms with Crippen molar-refractivity contribution in [2.75, 3.05) is 6.54 Å². The summed E-state index contributed by atoms with van der Waals surface area (Å²) in [6, 6.07) is 8.40. The molecule has 4 aliphatic heterocycles. The standard InChI is InChI=1S/C22H24N6O/c1-4-22(15-7-5-6-13(8-15)14-10-23-24-11-14)16-12-25-28-19(16)26-17-9-21(2,3)27-20(29)18(17)22/h5-8,10,12,19,26H,4,9,11H2,1-3H3,(H,27,29). The largest absolute Gasteiger partial charge is 0.362 e. The van der Waals surface area contributed by atoms with Crippen molar-refractivity contribution in [3.05, 3.63) is 64.6 Å². The summed E-state index contributed by atoms with van der Waals surface area (Å²) < 4.78 is 0. The highest BCUT2D eigenvalue weighted by atomic mass is 16.2. The van der Waals surface area contributed by atoms with Crippen LogP contribution in [0, 0.1) is 0 Å². The van der Waals surface area contributed by atoms with Gasteiger partial charge in [-0.1, -0.05) is 31.2 Å². The number of nitrogens with one attached hydrogen (secondary N) is 2. The van der Waals surface area contributed by atoms with Gasteiger partial charge in [0.2, 0.25) is 0 Å². The Hall–Kier alpha value is -3.09. The summed E-state index contributed by atoms with van der Waals surface area (Å²) >= 11 is 0. The van der Waals surface area contributed by atoms with Crippen LogP contribution in [-0.4, -0.2) is 24.2 Å². The first-order valence-electron chi connectivity index (χ1n) is 10.0. The van der Waals surface area contributed by atoms with Crippen molar-refractivity contribution >= 4 is 11.5 Å². The minimum Gasteiger partial charge on any atom is -0.362 e. The molecule has 5 rings (SSSR count). The number of carbonyl (C=O) groups excluding carboxylic acids is 1. The highest BCUT2D eigenvalue weighted by Gasteiger charge is 2.53. The third-order valence-electron chi connectivity index (χ3n) is 6.30. The van der Waals surface area contributed by atoms with E-state index in [1.54, 1.807) is 0 Å². The van der Waals surface area contributed by atoms with Crippen LogP contribution in [0.4, 0.5) is 0 Å². The van der Waals surface area contributed by atoms with Crippen LogP contribution >= 0.6 is 0 Å². The van der Waals surface area contributed by atoms with Crippen LogP contribution in [-0.2, 0) is 10.2 Å². The van der Waals surface area contributed by atoms with Gasteiger partial charge < -0.3 is 10.6 Å². The molecule has 1 aromatic carbocycles. The first kappa shape index (κ1) is 18.0. The molecule has 2 unspecified atom stereocenters. The summed E-state index contributed by atoms with van der Waals surface area (Å²) in [7, 11) is 0. The lowest BCUT2D eigenvalue weighted by molar-refractivity contribution is -0.120. The number of hydrogen-bond acceptors (Lipinski definition) is 6. The fourth-order valence-corrected chi connectivity index (χ4v) is 5.03. The van der Waals surface area contributed by atoms with Crippen molar-refractivity contribution in [1.29, 1.82) is 0 Å². The van der Waals surface area contributed by atoms with Crippen molar-refractivity contribution in [3.63, 3.8) is 0 Å². The zero-order chi connectivity index (χ0) is 20.2. The Morgan fingerprint density at radius 3 is 2.83 bits per heavy atom. The lowest BCUT2D eigenvalue weighted by atomic mass is 9.62. The first-order chi connectivity index (χ1) is 13.9. The van der Waals surface area contributed by atoms with Gasteiger partial charge in [0.1, 0.15) is 0 Å². The van der Waals surface area contributed by atoms with Crippen LogP contribution in [0.1, 0.15) is 44.7 Å². The Labute approximate surface area is 169 Å². The van der Waals surface area contributed by atoms with E-state index in [0.717, 1.165) is 46.4 Å². The second-order valence-corrected chi connectivity index (χ2v) is 8.64. The average Bonchev–Trinajstić information content (AvgIpc) is 3.37. The maximum atomic E-state index is 13.4. The summed E-state index contributed by atoms with van der Waals surface area (Å²) in [5.41, 5.74) is 5.17. The molecule has 0 fully saturated rings. The molecule has 4 aliphatic rings. The molecule has 7 nitrogen and oxygen atoms in total. The van der Waals surface area contributed by atoms with Gasteiger partial charge in [-0.15, -0.1) is 0 Å². The van der Waals surface area contributed by atoms with Gasteiger partial charge in [-0.2, -0.15) is 20.5 Å². The normalized spacial score (nSPS) is 29.1. The molecule has 29 heavy (non-hydrogen) atoms. The Morgan fingerprint density at radius 2 is 2.07 bits per heavy atom. The fraction of sp³-hybridized carbons (Fsp3) is 0.409. The van der Waals surface area contributed by atoms with E-state index in [1.807, 2.05) is 32.3 Å². The second kappa shape index (κ2) is 6.20. The molecule has 0 saturated carbocycles. The lowest BCUT2D eigenvalue weighted by Crippen LogP contribution is -2.58. The van der Waals surface area contributed by atoms with Gasteiger partial charge in [-0.05, 0) is 31.4 Å². The molecule has 1 aromatic rings. The predicted octanol–water partition coefficient (Wildman–Crippen LogP) is 3.97. The summed E-state index contributed by atoms with van der Waals surface area (Å²) in [5, 5.41) is 23.4. The van der Waals surface area contributed by atoms with E-state index in [-0.39, 0.29) is 17.6 Å². The highest BCUT2D eigenvalue weighted by molar-refractivity contribution is 6.00. The number of fused-ring (bicyclic) bond motifs is 1. The van der Waals surface area contributed by atoms with E-state index in [2.05, 4.69) is 56.2 Å². The van der Waals surface area contributed by atoms with Gasteiger partial charge in [0.05, 0.1) is 29.9 Å². The van der Waals surface area contributed by atoms with Crippen LogP contribution < -0.4 is 10.6 Å². The molecule has 0 radical (unpaired) electrons. The van der Waals surface area contributed by atoms with Gasteiger partial charge in [0, 0.05) is 28.8 Å². The van der Waals surface area contributed by atoms with Crippen LogP contribution in [0.2, 0.25) is 0 Å². The van der Waals surface area contributed by atoms with Crippen LogP contribution in [0.5, 0.6) is 0 Å². The molecule has 148 valence electrons. The van der Waals surface area contributed by atoms with Crippen molar-refractivity contribution in [2.24, 2.45) is 20.5 Å². The number of rotatable bonds is 3. The number of benzene rings is 1. The molecule has 0 spiro atoms. The summed E-state index contributed by atoms with van der Waals surface area (Å²) in [5.74, 6) is -0.0210. The van der Waals surface area contributed by atoms with Gasteiger partial charge in [0.15, 0.2) is 6.17 Å². The SMILES string of the molecule is CCC1(c2cccc(C3=CN=NC3)c2)C2=CN=NC2NC2=C1C(=O)NC(C)(C)C2. The zero-order valence-electron chi connectivity index (χ0n) is 16.9. The Balaban J connectivity index is 1.73. The van der Waals surface area contributed by atoms with E-state index in [4.69, 9.17) is 0 Å². The smallest absolute Gasteiger partial charge is 0.250 e. The third kappa shape index (κ3) is 2.60. The molecule has 0 aromatic heterocycles. The monoisotopic (exact) mass is 388 g/mol. The summed E-state index contributed by atoms with van der Waals surface area (Å²) in [6.07, 6.45) is 4.88. The number of nitrogens with zero attached hydrogens (tertiary/aromatic N) is 4. The van der Waals surface area contributed by atoms with Crippen molar-refractivity contribution in [1.82, 2.24) is 10.6 Å². The highest BCUT2D eigenvalue weighted by Crippen LogP contribution is 2.51. The quantitative estimate of drug-likeness (QED) is 0.820. The average molecular weight is 388 g/mol. The molecule has 7 heteroatoms. The molecule has 0 saturated heterocycles. The number of amides is 1. The maximum absolute atomic E-state index is 13.4. The van der Waals surface area contributed by atoms with E-state index < -0.39 is 5.41 Å².